The fourth-order valence-corrected chi connectivity index (χ4v) is 1.49. The van der Waals surface area contributed by atoms with Crippen LogP contribution >= 0.6 is 0 Å². The van der Waals surface area contributed by atoms with Crippen molar-refractivity contribution < 1.29 is 0 Å². The molecule has 0 amide bonds. The standard InChI is InChI=1S/C12H16N4/c13-7-1-8-14-11-3-5-12(6-4-11)16-10-2-9-15-16/h2-6,9-10,14H,1,7-8,13H2. The Morgan fingerprint density at radius 1 is 1.25 bits per heavy atom. The molecule has 0 saturated heterocycles. The average molecular weight is 216 g/mol. The largest absolute Gasteiger partial charge is 0.385 e. The van der Waals surface area contributed by atoms with Crippen LogP contribution in [0.1, 0.15) is 6.42 Å². The van der Waals surface area contributed by atoms with Crippen molar-refractivity contribution >= 4 is 5.69 Å². The first-order chi connectivity index (χ1) is 7.90. The highest BCUT2D eigenvalue weighted by molar-refractivity contribution is 5.48. The van der Waals surface area contributed by atoms with Gasteiger partial charge in [0.25, 0.3) is 0 Å². The summed E-state index contributed by atoms with van der Waals surface area (Å²) in [6.07, 6.45) is 4.69. The number of aromatic nitrogens is 2. The quantitative estimate of drug-likeness (QED) is 0.747. The Hall–Kier alpha value is -1.81. The van der Waals surface area contributed by atoms with Gasteiger partial charge in [-0.1, -0.05) is 0 Å². The van der Waals surface area contributed by atoms with Crippen LogP contribution in [0.5, 0.6) is 0 Å². The van der Waals surface area contributed by atoms with Crippen molar-refractivity contribution in [2.45, 2.75) is 6.42 Å². The molecular formula is C12H16N4. The molecule has 0 atom stereocenters. The van der Waals surface area contributed by atoms with Crippen LogP contribution in [0.2, 0.25) is 0 Å². The Labute approximate surface area is 95.1 Å². The van der Waals surface area contributed by atoms with E-state index >= 15 is 0 Å². The van der Waals surface area contributed by atoms with Gasteiger partial charge in [-0.2, -0.15) is 5.10 Å². The zero-order chi connectivity index (χ0) is 11.2. The SMILES string of the molecule is NCCCNc1ccc(-n2cccn2)cc1. The molecule has 0 spiro atoms. The van der Waals surface area contributed by atoms with Crippen LogP contribution < -0.4 is 11.1 Å². The van der Waals surface area contributed by atoms with Crippen LogP contribution in [-0.4, -0.2) is 22.9 Å². The summed E-state index contributed by atoms with van der Waals surface area (Å²) in [6.45, 7) is 1.63. The van der Waals surface area contributed by atoms with Gasteiger partial charge in [0.1, 0.15) is 0 Å². The molecule has 0 fully saturated rings. The van der Waals surface area contributed by atoms with E-state index in [0.717, 1.165) is 30.9 Å². The summed E-state index contributed by atoms with van der Waals surface area (Å²) in [5.41, 5.74) is 7.61. The van der Waals surface area contributed by atoms with E-state index in [1.165, 1.54) is 0 Å². The van der Waals surface area contributed by atoms with Crippen LogP contribution in [0.25, 0.3) is 5.69 Å². The van der Waals surface area contributed by atoms with Crippen molar-refractivity contribution in [1.29, 1.82) is 0 Å². The zero-order valence-corrected chi connectivity index (χ0v) is 9.13. The average Bonchev–Trinajstić information content (AvgIpc) is 2.84. The lowest BCUT2D eigenvalue weighted by molar-refractivity contribution is 0.871. The fraction of sp³-hybridized carbons (Fsp3) is 0.250. The first-order valence-electron chi connectivity index (χ1n) is 5.44. The van der Waals surface area contributed by atoms with Gasteiger partial charge in [0, 0.05) is 24.6 Å². The van der Waals surface area contributed by atoms with Gasteiger partial charge in [-0.15, -0.1) is 0 Å². The first-order valence-corrected chi connectivity index (χ1v) is 5.44. The van der Waals surface area contributed by atoms with Gasteiger partial charge in [0.05, 0.1) is 5.69 Å². The lowest BCUT2D eigenvalue weighted by Gasteiger charge is -2.06. The van der Waals surface area contributed by atoms with Crippen molar-refractivity contribution in [3.63, 3.8) is 0 Å². The normalized spacial score (nSPS) is 10.3. The molecule has 0 radical (unpaired) electrons. The van der Waals surface area contributed by atoms with Crippen molar-refractivity contribution in [1.82, 2.24) is 9.78 Å². The highest BCUT2D eigenvalue weighted by atomic mass is 15.3. The number of benzene rings is 1. The second-order valence-electron chi connectivity index (χ2n) is 3.57. The van der Waals surface area contributed by atoms with Crippen molar-refractivity contribution in [3.05, 3.63) is 42.7 Å². The summed E-state index contributed by atoms with van der Waals surface area (Å²) in [5.74, 6) is 0. The summed E-state index contributed by atoms with van der Waals surface area (Å²) in [6, 6.07) is 10.1. The molecule has 3 N–H and O–H groups in total. The van der Waals surface area contributed by atoms with E-state index < -0.39 is 0 Å². The smallest absolute Gasteiger partial charge is 0.0647 e. The number of nitrogens with two attached hydrogens (primary N) is 1. The summed E-state index contributed by atoms with van der Waals surface area (Å²) in [4.78, 5) is 0. The predicted octanol–water partition coefficient (Wildman–Crippen LogP) is 1.63. The molecule has 2 aromatic rings. The Kier molecular flexibility index (Phi) is 3.56. The minimum absolute atomic E-state index is 0.721. The second kappa shape index (κ2) is 5.32. The third-order valence-corrected chi connectivity index (χ3v) is 2.35. The molecule has 84 valence electrons. The number of nitrogens with one attached hydrogen (secondary N) is 1. The minimum atomic E-state index is 0.721. The van der Waals surface area contributed by atoms with E-state index in [1.54, 1.807) is 6.20 Å². The van der Waals surface area contributed by atoms with E-state index in [2.05, 4.69) is 10.4 Å². The van der Waals surface area contributed by atoms with Gasteiger partial charge in [-0.3, -0.25) is 0 Å². The Bertz CT molecular complexity index is 405. The fourth-order valence-electron chi connectivity index (χ4n) is 1.49. The highest BCUT2D eigenvalue weighted by Crippen LogP contribution is 2.12. The number of nitrogens with zero attached hydrogens (tertiary/aromatic N) is 2. The van der Waals surface area contributed by atoms with E-state index in [9.17, 15) is 0 Å². The number of rotatable bonds is 5. The van der Waals surface area contributed by atoms with Gasteiger partial charge in [-0.05, 0) is 43.3 Å². The van der Waals surface area contributed by atoms with Crippen LogP contribution in [-0.2, 0) is 0 Å². The number of anilines is 1. The molecule has 0 aliphatic carbocycles. The monoisotopic (exact) mass is 216 g/mol. The van der Waals surface area contributed by atoms with Gasteiger partial charge < -0.3 is 11.1 Å². The first kappa shape index (κ1) is 10.7. The molecule has 4 heteroatoms. The predicted molar refractivity (Wildman–Crippen MR) is 65.7 cm³/mol. The van der Waals surface area contributed by atoms with E-state index in [0.29, 0.717) is 0 Å². The molecule has 16 heavy (non-hydrogen) atoms. The molecule has 2 rings (SSSR count). The Morgan fingerprint density at radius 2 is 2.06 bits per heavy atom. The lowest BCUT2D eigenvalue weighted by atomic mass is 10.2. The van der Waals surface area contributed by atoms with Crippen molar-refractivity contribution in [3.8, 4) is 5.69 Å². The minimum Gasteiger partial charge on any atom is -0.385 e. The maximum Gasteiger partial charge on any atom is 0.0647 e. The van der Waals surface area contributed by atoms with Crippen LogP contribution in [0, 0.1) is 0 Å². The highest BCUT2D eigenvalue weighted by Gasteiger charge is 1.96. The van der Waals surface area contributed by atoms with Gasteiger partial charge in [-0.25, -0.2) is 4.68 Å². The van der Waals surface area contributed by atoms with Gasteiger partial charge in [0.15, 0.2) is 0 Å². The summed E-state index contributed by atoms with van der Waals surface area (Å²) < 4.78 is 1.84. The summed E-state index contributed by atoms with van der Waals surface area (Å²) >= 11 is 0. The Balaban J connectivity index is 2.00. The molecular weight excluding hydrogens is 200 g/mol. The maximum absolute atomic E-state index is 5.43. The molecule has 1 aromatic carbocycles. The number of hydrogen-bond donors (Lipinski definition) is 2. The van der Waals surface area contributed by atoms with Crippen LogP contribution in [0.15, 0.2) is 42.7 Å². The van der Waals surface area contributed by atoms with Crippen molar-refractivity contribution in [2.24, 2.45) is 5.73 Å². The third kappa shape index (κ3) is 2.61. The van der Waals surface area contributed by atoms with E-state index in [4.69, 9.17) is 5.73 Å². The molecule has 0 aliphatic rings. The molecule has 0 unspecified atom stereocenters. The topological polar surface area (TPSA) is 55.9 Å². The van der Waals surface area contributed by atoms with Crippen LogP contribution in [0.3, 0.4) is 0 Å². The second-order valence-corrected chi connectivity index (χ2v) is 3.57. The third-order valence-electron chi connectivity index (χ3n) is 2.35. The van der Waals surface area contributed by atoms with E-state index in [-0.39, 0.29) is 0 Å². The van der Waals surface area contributed by atoms with Crippen LogP contribution in [0.4, 0.5) is 5.69 Å². The molecule has 1 aromatic heterocycles. The molecule has 0 bridgehead atoms. The van der Waals surface area contributed by atoms with Gasteiger partial charge in [0.2, 0.25) is 0 Å². The Morgan fingerprint density at radius 3 is 2.69 bits per heavy atom. The molecule has 0 saturated carbocycles. The molecule has 1 heterocycles. The lowest BCUT2D eigenvalue weighted by Crippen LogP contribution is -2.08. The zero-order valence-electron chi connectivity index (χ0n) is 9.13. The molecule has 4 nitrogen and oxygen atoms in total. The maximum atomic E-state index is 5.43. The molecule has 0 aliphatic heterocycles. The number of hydrogen-bond acceptors (Lipinski definition) is 3. The van der Waals surface area contributed by atoms with Crippen molar-refractivity contribution in [2.75, 3.05) is 18.4 Å². The van der Waals surface area contributed by atoms with Gasteiger partial charge >= 0.3 is 0 Å². The van der Waals surface area contributed by atoms with E-state index in [1.807, 2.05) is 41.2 Å². The summed E-state index contributed by atoms with van der Waals surface area (Å²) in [5, 5.41) is 7.48. The summed E-state index contributed by atoms with van der Waals surface area (Å²) in [7, 11) is 0.